The average Bonchev–Trinajstić information content (AvgIpc) is 3.21. The number of hydrogen-bond acceptors (Lipinski definition) is 6. The Morgan fingerprint density at radius 3 is 2.71 bits per heavy atom. The van der Waals surface area contributed by atoms with Crippen molar-refractivity contribution in [1.82, 2.24) is 19.6 Å². The first-order valence-corrected chi connectivity index (χ1v) is 8.65. The normalized spacial score (nSPS) is 19.2. The maximum atomic E-state index is 12.8. The summed E-state index contributed by atoms with van der Waals surface area (Å²) in [6.45, 7) is 4.52. The van der Waals surface area contributed by atoms with Crippen molar-refractivity contribution in [2.75, 3.05) is 11.9 Å². The van der Waals surface area contributed by atoms with Gasteiger partial charge in [-0.15, -0.1) is 10.2 Å². The van der Waals surface area contributed by atoms with Crippen LogP contribution < -0.4 is 5.32 Å². The van der Waals surface area contributed by atoms with Crippen molar-refractivity contribution >= 4 is 11.5 Å². The van der Waals surface area contributed by atoms with Gasteiger partial charge in [0.05, 0.1) is 29.4 Å². The smallest absolute Gasteiger partial charge is 0.416 e. The Morgan fingerprint density at radius 1 is 1.29 bits per heavy atom. The first-order valence-electron chi connectivity index (χ1n) is 8.65. The standard InChI is InChI=1S/C18H18F3N5O2/c1-17(2)8-11(9-28-17)23-14-16-22-5-6-26(16)15(25-24-14)12-4-3-10(7-13(12)27)18(19,20)21/h3-7,11,27H,8-9H2,1-2H3,(H,23,24)/t11-/m0/s1. The molecule has 0 unspecified atom stereocenters. The highest BCUT2D eigenvalue weighted by atomic mass is 19.4. The van der Waals surface area contributed by atoms with Crippen LogP contribution in [0.15, 0.2) is 30.6 Å². The molecule has 0 saturated carbocycles. The summed E-state index contributed by atoms with van der Waals surface area (Å²) in [5.41, 5.74) is -0.594. The van der Waals surface area contributed by atoms with Crippen molar-refractivity contribution in [2.24, 2.45) is 0 Å². The number of nitrogens with one attached hydrogen (secondary N) is 1. The monoisotopic (exact) mass is 393 g/mol. The Labute approximate surface area is 158 Å². The van der Waals surface area contributed by atoms with Crippen molar-refractivity contribution in [1.29, 1.82) is 0 Å². The van der Waals surface area contributed by atoms with Gasteiger partial charge < -0.3 is 15.2 Å². The van der Waals surface area contributed by atoms with Crippen LogP contribution in [0.25, 0.3) is 17.0 Å². The molecule has 10 heteroatoms. The van der Waals surface area contributed by atoms with Gasteiger partial charge in [-0.25, -0.2) is 4.98 Å². The Hall–Kier alpha value is -2.88. The fourth-order valence-corrected chi connectivity index (χ4v) is 3.34. The molecule has 7 nitrogen and oxygen atoms in total. The molecule has 1 aromatic carbocycles. The van der Waals surface area contributed by atoms with Gasteiger partial charge in [0.1, 0.15) is 5.75 Å². The second kappa shape index (κ2) is 6.33. The predicted octanol–water partition coefficient (Wildman–Crippen LogP) is 3.50. The van der Waals surface area contributed by atoms with E-state index >= 15 is 0 Å². The molecule has 4 rings (SSSR count). The summed E-state index contributed by atoms with van der Waals surface area (Å²) in [6.07, 6.45) is -0.625. The third-order valence-corrected chi connectivity index (χ3v) is 4.65. The zero-order valence-corrected chi connectivity index (χ0v) is 15.2. The van der Waals surface area contributed by atoms with Gasteiger partial charge in [0.25, 0.3) is 0 Å². The lowest BCUT2D eigenvalue weighted by atomic mass is 10.0. The molecule has 28 heavy (non-hydrogen) atoms. The molecule has 1 saturated heterocycles. The average molecular weight is 393 g/mol. The number of alkyl halides is 3. The number of ether oxygens (including phenoxy) is 1. The maximum Gasteiger partial charge on any atom is 0.416 e. The van der Waals surface area contributed by atoms with E-state index in [1.807, 2.05) is 13.8 Å². The van der Waals surface area contributed by atoms with E-state index in [-0.39, 0.29) is 23.0 Å². The summed E-state index contributed by atoms with van der Waals surface area (Å²) >= 11 is 0. The van der Waals surface area contributed by atoms with E-state index in [2.05, 4.69) is 20.5 Å². The number of fused-ring (bicyclic) bond motifs is 1. The maximum absolute atomic E-state index is 12.8. The van der Waals surface area contributed by atoms with E-state index in [0.29, 0.717) is 24.1 Å². The third-order valence-electron chi connectivity index (χ3n) is 4.65. The number of imidazole rings is 1. The molecule has 2 N–H and O–H groups in total. The topological polar surface area (TPSA) is 84.6 Å². The minimum absolute atomic E-state index is 0.0371. The fourth-order valence-electron chi connectivity index (χ4n) is 3.34. The van der Waals surface area contributed by atoms with Crippen molar-refractivity contribution in [3.05, 3.63) is 36.2 Å². The van der Waals surface area contributed by atoms with Gasteiger partial charge in [-0.1, -0.05) is 0 Å². The second-order valence-corrected chi connectivity index (χ2v) is 7.34. The summed E-state index contributed by atoms with van der Waals surface area (Å²) in [5.74, 6) is 0.0875. The lowest BCUT2D eigenvalue weighted by Gasteiger charge is -2.16. The Balaban J connectivity index is 1.70. The molecule has 3 heterocycles. The number of anilines is 1. The lowest BCUT2D eigenvalue weighted by Crippen LogP contribution is -2.23. The molecule has 1 aliphatic heterocycles. The van der Waals surface area contributed by atoms with E-state index in [1.165, 1.54) is 12.3 Å². The first-order chi connectivity index (χ1) is 13.1. The zero-order valence-electron chi connectivity index (χ0n) is 15.2. The van der Waals surface area contributed by atoms with E-state index in [0.717, 1.165) is 12.5 Å². The number of nitrogens with zero attached hydrogens (tertiary/aromatic N) is 4. The number of aromatic nitrogens is 4. The largest absolute Gasteiger partial charge is 0.507 e. The molecule has 2 aromatic heterocycles. The number of aromatic hydroxyl groups is 1. The van der Waals surface area contributed by atoms with Crippen LogP contribution in [0.2, 0.25) is 0 Å². The number of phenolic OH excluding ortho intramolecular Hbond substituents is 1. The van der Waals surface area contributed by atoms with Crippen LogP contribution in [-0.2, 0) is 10.9 Å². The minimum atomic E-state index is -4.54. The number of hydrogen-bond donors (Lipinski definition) is 2. The van der Waals surface area contributed by atoms with E-state index in [4.69, 9.17) is 4.74 Å². The van der Waals surface area contributed by atoms with Gasteiger partial charge in [0.2, 0.25) is 0 Å². The summed E-state index contributed by atoms with van der Waals surface area (Å²) in [7, 11) is 0. The van der Waals surface area contributed by atoms with Crippen LogP contribution in [0.5, 0.6) is 5.75 Å². The first kappa shape index (κ1) is 18.5. The summed E-state index contributed by atoms with van der Waals surface area (Å²) < 4.78 is 45.8. The molecule has 1 fully saturated rings. The number of phenols is 1. The number of rotatable bonds is 3. The van der Waals surface area contributed by atoms with Gasteiger partial charge in [-0.3, -0.25) is 4.40 Å². The predicted molar refractivity (Wildman–Crippen MR) is 94.9 cm³/mol. The van der Waals surface area contributed by atoms with Crippen LogP contribution in [0.4, 0.5) is 19.0 Å². The highest BCUT2D eigenvalue weighted by Crippen LogP contribution is 2.36. The minimum Gasteiger partial charge on any atom is -0.507 e. The summed E-state index contributed by atoms with van der Waals surface area (Å²) in [5, 5.41) is 21.6. The van der Waals surface area contributed by atoms with Crippen molar-refractivity contribution in [2.45, 2.75) is 38.1 Å². The summed E-state index contributed by atoms with van der Waals surface area (Å²) in [4.78, 5) is 4.27. The molecule has 1 atom stereocenters. The molecular weight excluding hydrogens is 375 g/mol. The molecular formula is C18H18F3N5O2. The Morgan fingerprint density at radius 2 is 2.07 bits per heavy atom. The Bertz CT molecular complexity index is 1030. The van der Waals surface area contributed by atoms with Gasteiger partial charge >= 0.3 is 6.18 Å². The van der Waals surface area contributed by atoms with Crippen molar-refractivity contribution in [3.8, 4) is 17.1 Å². The quantitative estimate of drug-likeness (QED) is 0.709. The SMILES string of the molecule is CC1(C)C[C@H](Nc2nnc(-c3ccc(C(F)(F)F)cc3O)n3ccnc23)CO1. The third kappa shape index (κ3) is 3.35. The molecule has 0 bridgehead atoms. The van der Waals surface area contributed by atoms with Crippen LogP contribution in [-0.4, -0.2) is 42.9 Å². The van der Waals surface area contributed by atoms with E-state index in [9.17, 15) is 18.3 Å². The van der Waals surface area contributed by atoms with E-state index < -0.39 is 17.5 Å². The van der Waals surface area contributed by atoms with Crippen molar-refractivity contribution in [3.63, 3.8) is 0 Å². The lowest BCUT2D eigenvalue weighted by molar-refractivity contribution is -0.137. The molecule has 1 aliphatic rings. The van der Waals surface area contributed by atoms with Crippen molar-refractivity contribution < 1.29 is 23.0 Å². The molecule has 0 amide bonds. The molecule has 3 aromatic rings. The number of halogens is 3. The van der Waals surface area contributed by atoms with Crippen LogP contribution in [0.1, 0.15) is 25.8 Å². The van der Waals surface area contributed by atoms with Crippen LogP contribution in [0, 0.1) is 0 Å². The highest BCUT2D eigenvalue weighted by Gasteiger charge is 2.33. The summed E-state index contributed by atoms with van der Waals surface area (Å²) in [6, 6.07) is 2.77. The molecule has 0 aliphatic carbocycles. The van der Waals surface area contributed by atoms with Crippen LogP contribution >= 0.6 is 0 Å². The molecule has 0 spiro atoms. The number of benzene rings is 1. The fraction of sp³-hybridized carbons (Fsp3) is 0.389. The highest BCUT2D eigenvalue weighted by molar-refractivity contribution is 5.71. The van der Waals surface area contributed by atoms with E-state index in [1.54, 1.807) is 10.6 Å². The van der Waals surface area contributed by atoms with Crippen LogP contribution in [0.3, 0.4) is 0 Å². The van der Waals surface area contributed by atoms with Gasteiger partial charge in [0, 0.05) is 12.4 Å². The molecule has 148 valence electrons. The van der Waals surface area contributed by atoms with Gasteiger partial charge in [-0.05, 0) is 38.5 Å². The van der Waals surface area contributed by atoms with Gasteiger partial charge in [0.15, 0.2) is 17.3 Å². The molecule has 0 radical (unpaired) electrons. The van der Waals surface area contributed by atoms with Gasteiger partial charge in [-0.2, -0.15) is 13.2 Å². The zero-order chi connectivity index (χ0) is 20.1. The Kier molecular flexibility index (Phi) is 4.18. The second-order valence-electron chi connectivity index (χ2n) is 7.34.